The quantitative estimate of drug-likeness (QED) is 0.561. The van der Waals surface area contributed by atoms with Gasteiger partial charge in [0.05, 0.1) is 0 Å². The van der Waals surface area contributed by atoms with Gasteiger partial charge in [-0.2, -0.15) is 26.3 Å². The second kappa shape index (κ2) is 7.35. The molecule has 0 aromatic rings. The molecule has 0 saturated heterocycles. The van der Waals surface area contributed by atoms with Gasteiger partial charge in [0.1, 0.15) is 0 Å². The largest absolute Gasteiger partial charge is 0.441 e. The summed E-state index contributed by atoms with van der Waals surface area (Å²) in [5, 5.41) is 2.75. The molecule has 1 N–H and O–H groups in total. The molecule has 1 nitrogen and oxygen atoms in total. The molecule has 8 heteroatoms. The lowest BCUT2D eigenvalue weighted by molar-refractivity contribution is -0.135. The van der Waals surface area contributed by atoms with Crippen molar-refractivity contribution in [3.63, 3.8) is 0 Å². The van der Waals surface area contributed by atoms with Crippen LogP contribution < -0.4 is 5.32 Å². The van der Waals surface area contributed by atoms with Gasteiger partial charge < -0.3 is 5.32 Å². The van der Waals surface area contributed by atoms with Crippen LogP contribution in [-0.2, 0) is 0 Å². The minimum atomic E-state index is -4.25. The van der Waals surface area contributed by atoms with Crippen molar-refractivity contribution < 1.29 is 26.3 Å². The summed E-state index contributed by atoms with van der Waals surface area (Å²) in [6, 6.07) is -0.203. The van der Waals surface area contributed by atoms with E-state index in [9.17, 15) is 26.3 Å². The van der Waals surface area contributed by atoms with E-state index < -0.39 is 18.1 Å². The molecule has 0 spiro atoms. The first kappa shape index (κ1) is 16.9. The Hall–Kier alpha value is -0.110. The molecular formula is C9H15F6NS. The number of halogens is 6. The standard InChI is InChI=1S/C9H15F6NS/c1-7(3-2-4-8(10,11)12)16-5-6-17-9(13,14)15/h7,16H,2-6H2,1H3. The predicted molar refractivity (Wildman–Crippen MR) is 55.9 cm³/mol. The van der Waals surface area contributed by atoms with E-state index in [1.807, 2.05) is 0 Å². The molecule has 0 aliphatic rings. The fraction of sp³-hybridized carbons (Fsp3) is 1.00. The van der Waals surface area contributed by atoms with Crippen LogP contribution >= 0.6 is 11.8 Å². The zero-order valence-corrected chi connectivity index (χ0v) is 10.1. The van der Waals surface area contributed by atoms with Crippen LogP contribution in [0.5, 0.6) is 0 Å². The third-order valence-corrected chi connectivity index (χ3v) is 2.69. The van der Waals surface area contributed by atoms with Crippen molar-refractivity contribution in [2.45, 2.75) is 43.9 Å². The van der Waals surface area contributed by atoms with Crippen LogP contribution in [0.1, 0.15) is 26.2 Å². The maximum Gasteiger partial charge on any atom is 0.441 e. The average Bonchev–Trinajstić information content (AvgIpc) is 2.09. The topological polar surface area (TPSA) is 12.0 Å². The van der Waals surface area contributed by atoms with Gasteiger partial charge in [-0.25, -0.2) is 0 Å². The van der Waals surface area contributed by atoms with Gasteiger partial charge in [0.25, 0.3) is 0 Å². The summed E-state index contributed by atoms with van der Waals surface area (Å²) in [4.78, 5) is 0. The van der Waals surface area contributed by atoms with Crippen molar-refractivity contribution >= 4 is 11.8 Å². The Labute approximate surface area is 100 Å². The van der Waals surface area contributed by atoms with Crippen molar-refractivity contribution in [3.05, 3.63) is 0 Å². The Morgan fingerprint density at radius 2 is 1.71 bits per heavy atom. The Kier molecular flexibility index (Phi) is 7.30. The Bertz CT molecular complexity index is 203. The highest BCUT2D eigenvalue weighted by Crippen LogP contribution is 2.29. The first-order valence-electron chi connectivity index (χ1n) is 5.11. The van der Waals surface area contributed by atoms with E-state index in [0.29, 0.717) is 6.42 Å². The van der Waals surface area contributed by atoms with Crippen LogP contribution in [0.25, 0.3) is 0 Å². The second-order valence-corrected chi connectivity index (χ2v) is 4.82. The van der Waals surface area contributed by atoms with Gasteiger partial charge in [-0.15, -0.1) is 0 Å². The molecule has 1 atom stereocenters. The molecule has 0 bridgehead atoms. The number of hydrogen-bond acceptors (Lipinski definition) is 2. The highest BCUT2D eigenvalue weighted by atomic mass is 32.2. The lowest BCUT2D eigenvalue weighted by atomic mass is 10.1. The van der Waals surface area contributed by atoms with E-state index in [-0.39, 0.29) is 36.5 Å². The Morgan fingerprint density at radius 3 is 2.18 bits per heavy atom. The summed E-state index contributed by atoms with van der Waals surface area (Å²) in [5.41, 5.74) is -4.25. The number of thioether (sulfide) groups is 1. The van der Waals surface area contributed by atoms with Crippen LogP contribution in [-0.4, -0.2) is 30.0 Å². The zero-order valence-electron chi connectivity index (χ0n) is 9.29. The van der Waals surface area contributed by atoms with Crippen LogP contribution in [0.2, 0.25) is 0 Å². The third-order valence-electron chi connectivity index (χ3n) is 1.96. The molecule has 0 saturated carbocycles. The number of alkyl halides is 6. The van der Waals surface area contributed by atoms with E-state index in [1.165, 1.54) is 0 Å². The fourth-order valence-electron chi connectivity index (χ4n) is 1.18. The molecule has 0 amide bonds. The van der Waals surface area contributed by atoms with Crippen LogP contribution in [0.4, 0.5) is 26.3 Å². The maximum atomic E-state index is 11.8. The molecule has 104 valence electrons. The molecular weight excluding hydrogens is 268 g/mol. The molecule has 0 fully saturated rings. The first-order chi connectivity index (χ1) is 7.60. The smallest absolute Gasteiger partial charge is 0.313 e. The van der Waals surface area contributed by atoms with Gasteiger partial charge in [0.15, 0.2) is 0 Å². The number of nitrogens with one attached hydrogen (secondary N) is 1. The van der Waals surface area contributed by atoms with Crippen LogP contribution in [0.15, 0.2) is 0 Å². The van der Waals surface area contributed by atoms with Crippen molar-refractivity contribution in [1.82, 2.24) is 5.32 Å². The lowest BCUT2D eigenvalue weighted by Gasteiger charge is -2.14. The van der Waals surface area contributed by atoms with Gasteiger partial charge in [0.2, 0.25) is 0 Å². The minimum Gasteiger partial charge on any atom is -0.313 e. The second-order valence-electron chi connectivity index (χ2n) is 3.66. The molecule has 0 rings (SSSR count). The lowest BCUT2D eigenvalue weighted by Crippen LogP contribution is -2.29. The number of hydrogen-bond donors (Lipinski definition) is 1. The molecule has 0 aromatic heterocycles. The van der Waals surface area contributed by atoms with Crippen LogP contribution in [0.3, 0.4) is 0 Å². The third kappa shape index (κ3) is 13.8. The van der Waals surface area contributed by atoms with E-state index >= 15 is 0 Å². The summed E-state index contributed by atoms with van der Waals surface area (Å²) in [5.74, 6) is -0.132. The average molecular weight is 283 g/mol. The van der Waals surface area contributed by atoms with E-state index in [1.54, 1.807) is 6.92 Å². The molecule has 0 aromatic carbocycles. The molecule has 0 aliphatic carbocycles. The van der Waals surface area contributed by atoms with Crippen molar-refractivity contribution in [3.8, 4) is 0 Å². The summed E-state index contributed by atoms with van der Waals surface area (Å²) in [6.07, 6.45) is -4.72. The SMILES string of the molecule is CC(CCCC(F)(F)F)NCCSC(F)(F)F. The van der Waals surface area contributed by atoms with Gasteiger partial charge >= 0.3 is 11.7 Å². The van der Waals surface area contributed by atoms with Gasteiger partial charge in [0, 0.05) is 24.8 Å². The van der Waals surface area contributed by atoms with E-state index in [2.05, 4.69) is 5.32 Å². The number of rotatable bonds is 7. The molecule has 17 heavy (non-hydrogen) atoms. The van der Waals surface area contributed by atoms with Crippen molar-refractivity contribution in [1.29, 1.82) is 0 Å². The molecule has 0 radical (unpaired) electrons. The van der Waals surface area contributed by atoms with Crippen molar-refractivity contribution in [2.24, 2.45) is 0 Å². The van der Waals surface area contributed by atoms with Gasteiger partial charge in [-0.1, -0.05) is 0 Å². The summed E-state index contributed by atoms with van der Waals surface area (Å²) in [6.45, 7) is 1.80. The Morgan fingerprint density at radius 1 is 1.12 bits per heavy atom. The summed E-state index contributed by atoms with van der Waals surface area (Å²) >= 11 is -0.139. The summed E-state index contributed by atoms with van der Waals surface area (Å²) in [7, 11) is 0. The van der Waals surface area contributed by atoms with Crippen molar-refractivity contribution in [2.75, 3.05) is 12.3 Å². The van der Waals surface area contributed by atoms with E-state index in [0.717, 1.165) is 0 Å². The monoisotopic (exact) mass is 283 g/mol. The highest BCUT2D eigenvalue weighted by molar-refractivity contribution is 8.00. The minimum absolute atomic E-state index is 0.00984. The predicted octanol–water partition coefficient (Wildman–Crippen LogP) is 3.95. The normalized spacial score (nSPS) is 15.0. The van der Waals surface area contributed by atoms with Gasteiger partial charge in [-0.05, 0) is 31.5 Å². The highest BCUT2D eigenvalue weighted by Gasteiger charge is 2.28. The molecule has 0 heterocycles. The molecule has 0 aliphatic heterocycles. The van der Waals surface area contributed by atoms with Crippen LogP contribution in [0, 0.1) is 0 Å². The first-order valence-corrected chi connectivity index (χ1v) is 6.09. The Balaban J connectivity index is 3.44. The zero-order chi connectivity index (χ0) is 13.5. The maximum absolute atomic E-state index is 11.8. The fourth-order valence-corrected chi connectivity index (χ4v) is 1.63. The summed E-state index contributed by atoms with van der Waals surface area (Å²) < 4.78 is 70.6. The molecule has 1 unspecified atom stereocenters. The van der Waals surface area contributed by atoms with Gasteiger partial charge in [-0.3, -0.25) is 0 Å². The van der Waals surface area contributed by atoms with E-state index in [4.69, 9.17) is 0 Å².